The van der Waals surface area contributed by atoms with Crippen LogP contribution in [0, 0.1) is 6.92 Å². The zero-order chi connectivity index (χ0) is 23.1. The van der Waals surface area contributed by atoms with Gasteiger partial charge in [-0.1, -0.05) is 19.8 Å². The van der Waals surface area contributed by atoms with Gasteiger partial charge in [-0.15, -0.1) is 35.3 Å². The summed E-state index contributed by atoms with van der Waals surface area (Å²) in [5.41, 5.74) is 3.92. The largest absolute Gasteiger partial charge is 0.493 e. The highest BCUT2D eigenvalue weighted by Crippen LogP contribution is 2.43. The van der Waals surface area contributed by atoms with Gasteiger partial charge in [0.15, 0.2) is 11.5 Å². The first kappa shape index (κ1) is 25.1. The molecule has 0 spiro atoms. The molecule has 1 aliphatic heterocycles. The molecule has 1 aromatic carbocycles. The van der Waals surface area contributed by atoms with Crippen molar-refractivity contribution in [3.8, 4) is 11.5 Å². The van der Waals surface area contributed by atoms with Gasteiger partial charge in [-0.3, -0.25) is 4.79 Å². The number of hydrogen-bond donors (Lipinski definition) is 1. The number of thioether (sulfide) groups is 3. The third kappa shape index (κ3) is 5.88. The number of aromatic nitrogens is 1. The molecule has 0 radical (unpaired) electrons. The minimum absolute atomic E-state index is 0.0192. The Morgan fingerprint density at radius 2 is 2.03 bits per heavy atom. The van der Waals surface area contributed by atoms with Gasteiger partial charge in [0.25, 0.3) is 0 Å². The van der Waals surface area contributed by atoms with E-state index in [0.717, 1.165) is 69.6 Å². The van der Waals surface area contributed by atoms with Crippen LogP contribution in [0.25, 0.3) is 0 Å². The van der Waals surface area contributed by atoms with Crippen molar-refractivity contribution in [3.05, 3.63) is 35.0 Å². The highest BCUT2D eigenvalue weighted by molar-refractivity contribution is 8.00. The van der Waals surface area contributed by atoms with Gasteiger partial charge in [0.1, 0.15) is 10.3 Å². The van der Waals surface area contributed by atoms with Gasteiger partial charge in [-0.2, -0.15) is 0 Å². The highest BCUT2D eigenvalue weighted by Gasteiger charge is 2.30. The maximum Gasteiger partial charge on any atom is 0.242 e. The van der Waals surface area contributed by atoms with Crippen LogP contribution in [-0.4, -0.2) is 42.9 Å². The lowest BCUT2D eigenvalue weighted by atomic mass is 9.99. The number of carbonyl (C=O) groups is 1. The third-order valence-corrected chi connectivity index (χ3v) is 8.03. The number of aryl methyl sites for hydroxylation is 2. The van der Waals surface area contributed by atoms with Crippen molar-refractivity contribution in [2.24, 2.45) is 0 Å². The second-order valence-corrected chi connectivity index (χ2v) is 10.5. The summed E-state index contributed by atoms with van der Waals surface area (Å²) in [6, 6.07) is 6.07. The number of anilines is 1. The van der Waals surface area contributed by atoms with Crippen LogP contribution in [0.4, 0.5) is 5.69 Å². The van der Waals surface area contributed by atoms with Crippen molar-refractivity contribution < 1.29 is 14.3 Å². The smallest absolute Gasteiger partial charge is 0.242 e. The summed E-state index contributed by atoms with van der Waals surface area (Å²) < 4.78 is 11.6. The van der Waals surface area contributed by atoms with E-state index in [4.69, 9.17) is 9.47 Å². The summed E-state index contributed by atoms with van der Waals surface area (Å²) in [6.07, 6.45) is 8.20. The Kier molecular flexibility index (Phi) is 9.49. The van der Waals surface area contributed by atoms with E-state index in [1.807, 2.05) is 37.6 Å². The second-order valence-electron chi connectivity index (χ2n) is 7.60. The molecule has 0 fully saturated rings. The average Bonchev–Trinajstić information content (AvgIpc) is 2.81. The standard InChI is InChI=1S/C24H32N2O3S3/c1-6-7-8-10-29-19-14-17-16(13-18(19)28-3)9-11-32-22(17)23(27)26-21-20(30-4)12-15(2)25-24(21)31-5/h12-14,22H,6-11H2,1-5H3,(H,26,27). The summed E-state index contributed by atoms with van der Waals surface area (Å²) >= 11 is 4.85. The van der Waals surface area contributed by atoms with Gasteiger partial charge in [-0.05, 0) is 67.4 Å². The monoisotopic (exact) mass is 492 g/mol. The highest BCUT2D eigenvalue weighted by atomic mass is 32.2. The fourth-order valence-electron chi connectivity index (χ4n) is 3.71. The Balaban J connectivity index is 1.89. The SMILES string of the molecule is CCCCCOc1cc2c(cc1OC)CCSC2C(=O)Nc1c(SC)cc(C)nc1SC. The number of amides is 1. The molecule has 1 atom stereocenters. The Hall–Kier alpha value is -1.51. The number of nitrogens with zero attached hydrogens (tertiary/aromatic N) is 1. The van der Waals surface area contributed by atoms with Crippen molar-refractivity contribution in [2.75, 3.05) is 37.3 Å². The van der Waals surface area contributed by atoms with E-state index < -0.39 is 0 Å². The van der Waals surface area contributed by atoms with E-state index in [-0.39, 0.29) is 11.2 Å². The Bertz CT molecular complexity index is 927. The molecule has 1 amide bonds. The molecule has 0 saturated carbocycles. The van der Waals surface area contributed by atoms with Crippen molar-refractivity contribution >= 4 is 46.9 Å². The molecule has 174 valence electrons. The lowest BCUT2D eigenvalue weighted by Crippen LogP contribution is -2.24. The van der Waals surface area contributed by atoms with Gasteiger partial charge in [-0.25, -0.2) is 4.98 Å². The quantitative estimate of drug-likeness (QED) is 0.305. The number of hydrogen-bond acceptors (Lipinski definition) is 7. The zero-order valence-corrected chi connectivity index (χ0v) is 21.9. The number of nitrogens with one attached hydrogen (secondary N) is 1. The number of pyridine rings is 1. The Labute approximate surface area is 204 Å². The number of unbranched alkanes of at least 4 members (excludes halogenated alkanes) is 2. The van der Waals surface area contributed by atoms with Gasteiger partial charge in [0.05, 0.1) is 19.4 Å². The van der Waals surface area contributed by atoms with Crippen LogP contribution >= 0.6 is 35.3 Å². The van der Waals surface area contributed by atoms with Crippen molar-refractivity contribution in [1.29, 1.82) is 0 Å². The number of carbonyl (C=O) groups excluding carboxylic acids is 1. The first-order chi connectivity index (χ1) is 15.5. The van der Waals surface area contributed by atoms with E-state index in [1.165, 1.54) is 0 Å². The average molecular weight is 493 g/mol. The fourth-order valence-corrected chi connectivity index (χ4v) is 6.19. The molecule has 32 heavy (non-hydrogen) atoms. The predicted molar refractivity (Wildman–Crippen MR) is 138 cm³/mol. The molecule has 5 nitrogen and oxygen atoms in total. The molecule has 0 bridgehead atoms. The third-order valence-electron chi connectivity index (χ3n) is 5.35. The normalized spacial score (nSPS) is 15.2. The zero-order valence-electron chi connectivity index (χ0n) is 19.4. The van der Waals surface area contributed by atoms with Crippen molar-refractivity contribution in [3.63, 3.8) is 0 Å². The minimum Gasteiger partial charge on any atom is -0.493 e. The Morgan fingerprint density at radius 3 is 2.72 bits per heavy atom. The predicted octanol–water partition coefficient (Wildman–Crippen LogP) is 6.38. The van der Waals surface area contributed by atoms with E-state index >= 15 is 0 Å². The van der Waals surface area contributed by atoms with Crippen LogP contribution in [0.3, 0.4) is 0 Å². The van der Waals surface area contributed by atoms with Gasteiger partial charge >= 0.3 is 0 Å². The molecular weight excluding hydrogens is 460 g/mol. The molecule has 2 heterocycles. The van der Waals surface area contributed by atoms with Gasteiger partial charge in [0, 0.05) is 10.6 Å². The van der Waals surface area contributed by atoms with Crippen LogP contribution < -0.4 is 14.8 Å². The minimum atomic E-state index is -0.298. The summed E-state index contributed by atoms with van der Waals surface area (Å²) in [5.74, 6) is 2.33. The molecule has 1 N–H and O–H groups in total. The maximum absolute atomic E-state index is 13.5. The number of benzene rings is 1. The van der Waals surface area contributed by atoms with Crippen LogP contribution in [-0.2, 0) is 11.2 Å². The number of rotatable bonds is 10. The summed E-state index contributed by atoms with van der Waals surface area (Å²) in [7, 11) is 1.67. The number of fused-ring (bicyclic) bond motifs is 1. The van der Waals surface area contributed by atoms with Crippen LogP contribution in [0.15, 0.2) is 28.1 Å². The number of ether oxygens (including phenoxy) is 2. The molecular formula is C24H32N2O3S3. The summed E-state index contributed by atoms with van der Waals surface area (Å²) in [5, 5.41) is 3.74. The molecule has 1 aromatic heterocycles. The topological polar surface area (TPSA) is 60.5 Å². The van der Waals surface area contributed by atoms with Crippen molar-refractivity contribution in [2.45, 2.75) is 54.7 Å². The van der Waals surface area contributed by atoms with Crippen LogP contribution in [0.5, 0.6) is 11.5 Å². The molecule has 0 saturated heterocycles. The first-order valence-corrected chi connectivity index (χ1v) is 14.4. The lowest BCUT2D eigenvalue weighted by molar-refractivity contribution is -0.115. The lowest BCUT2D eigenvalue weighted by Gasteiger charge is -2.26. The molecule has 2 aromatic rings. The summed E-state index contributed by atoms with van der Waals surface area (Å²) in [4.78, 5) is 19.1. The van der Waals surface area contributed by atoms with E-state index in [2.05, 4.69) is 17.2 Å². The van der Waals surface area contributed by atoms with E-state index in [1.54, 1.807) is 42.4 Å². The molecule has 8 heteroatoms. The molecule has 1 unspecified atom stereocenters. The van der Waals surface area contributed by atoms with Crippen molar-refractivity contribution in [1.82, 2.24) is 4.98 Å². The number of methoxy groups -OCH3 is 1. The van der Waals surface area contributed by atoms with E-state index in [9.17, 15) is 4.79 Å². The van der Waals surface area contributed by atoms with Crippen LogP contribution in [0.1, 0.15) is 48.3 Å². The van der Waals surface area contributed by atoms with Crippen LogP contribution in [0.2, 0.25) is 0 Å². The first-order valence-electron chi connectivity index (χ1n) is 10.9. The molecule has 3 rings (SSSR count). The fraction of sp³-hybridized carbons (Fsp3) is 0.500. The second kappa shape index (κ2) is 12.1. The van der Waals surface area contributed by atoms with Gasteiger partial charge in [0.2, 0.25) is 5.91 Å². The molecule has 1 aliphatic rings. The Morgan fingerprint density at radius 1 is 1.22 bits per heavy atom. The molecule has 0 aliphatic carbocycles. The van der Waals surface area contributed by atoms with E-state index in [0.29, 0.717) is 12.4 Å². The summed E-state index contributed by atoms with van der Waals surface area (Å²) in [6.45, 7) is 4.80. The van der Waals surface area contributed by atoms with Gasteiger partial charge < -0.3 is 14.8 Å². The maximum atomic E-state index is 13.5.